The summed E-state index contributed by atoms with van der Waals surface area (Å²) >= 11 is 0. The third-order valence-electron chi connectivity index (χ3n) is 4.67. The molecule has 0 saturated carbocycles. The van der Waals surface area contributed by atoms with Gasteiger partial charge < -0.3 is 20.9 Å². The van der Waals surface area contributed by atoms with Crippen molar-refractivity contribution in [2.24, 2.45) is 0 Å². The van der Waals surface area contributed by atoms with Crippen LogP contribution in [0.25, 0.3) is 0 Å². The van der Waals surface area contributed by atoms with Crippen molar-refractivity contribution in [2.75, 3.05) is 11.5 Å². The van der Waals surface area contributed by atoms with Gasteiger partial charge in [-0.1, -0.05) is 42.5 Å². The van der Waals surface area contributed by atoms with E-state index in [0.29, 0.717) is 34.4 Å². The first-order chi connectivity index (χ1) is 14.6. The zero-order valence-corrected chi connectivity index (χ0v) is 16.6. The predicted molar refractivity (Wildman–Crippen MR) is 122 cm³/mol. The topological polar surface area (TPSA) is 70.5 Å². The van der Waals surface area contributed by atoms with Crippen molar-refractivity contribution in [3.8, 4) is 23.0 Å². The minimum atomic E-state index is 0.656. The van der Waals surface area contributed by atoms with E-state index in [1.807, 2.05) is 60.7 Å². The number of benzene rings is 4. The molecule has 4 aromatic rings. The van der Waals surface area contributed by atoms with Crippen molar-refractivity contribution in [1.82, 2.24) is 0 Å². The Kier molecular flexibility index (Phi) is 5.85. The van der Waals surface area contributed by atoms with Gasteiger partial charge in [-0.05, 0) is 60.4 Å². The molecule has 0 aliphatic heterocycles. The summed E-state index contributed by atoms with van der Waals surface area (Å²) in [5.74, 6) is 2.77. The SMILES string of the molecule is Nc1cccc(Oc2cc(CCc3ccccc3)cc(Oc3cccc(N)c3)c2)c1. The van der Waals surface area contributed by atoms with E-state index in [1.54, 1.807) is 12.1 Å². The van der Waals surface area contributed by atoms with Gasteiger partial charge in [0.1, 0.15) is 23.0 Å². The average Bonchev–Trinajstić information content (AvgIpc) is 2.73. The van der Waals surface area contributed by atoms with Gasteiger partial charge in [-0.2, -0.15) is 0 Å². The van der Waals surface area contributed by atoms with Gasteiger partial charge in [0.2, 0.25) is 0 Å². The largest absolute Gasteiger partial charge is 0.457 e. The van der Waals surface area contributed by atoms with Gasteiger partial charge in [-0.15, -0.1) is 0 Å². The maximum absolute atomic E-state index is 6.07. The summed E-state index contributed by atoms with van der Waals surface area (Å²) in [6, 6.07) is 31.1. The lowest BCUT2D eigenvalue weighted by Gasteiger charge is -2.13. The van der Waals surface area contributed by atoms with E-state index in [1.165, 1.54) is 5.56 Å². The van der Waals surface area contributed by atoms with Crippen molar-refractivity contribution in [3.63, 3.8) is 0 Å². The lowest BCUT2D eigenvalue weighted by molar-refractivity contribution is 0.459. The molecule has 0 spiro atoms. The molecule has 0 fully saturated rings. The molecule has 150 valence electrons. The molecule has 0 unspecified atom stereocenters. The molecule has 0 aliphatic carbocycles. The molecule has 0 radical (unpaired) electrons. The van der Waals surface area contributed by atoms with Crippen molar-refractivity contribution < 1.29 is 9.47 Å². The van der Waals surface area contributed by atoms with E-state index < -0.39 is 0 Å². The second-order valence-electron chi connectivity index (χ2n) is 7.15. The summed E-state index contributed by atoms with van der Waals surface area (Å²) in [5.41, 5.74) is 15.5. The molecule has 30 heavy (non-hydrogen) atoms. The smallest absolute Gasteiger partial charge is 0.131 e. The van der Waals surface area contributed by atoms with Crippen LogP contribution in [0.4, 0.5) is 11.4 Å². The number of hydrogen-bond acceptors (Lipinski definition) is 4. The number of ether oxygens (including phenoxy) is 2. The fourth-order valence-corrected chi connectivity index (χ4v) is 3.25. The summed E-state index contributed by atoms with van der Waals surface area (Å²) in [6.07, 6.45) is 1.80. The van der Waals surface area contributed by atoms with Gasteiger partial charge in [0.25, 0.3) is 0 Å². The second kappa shape index (κ2) is 9.05. The average molecular weight is 396 g/mol. The van der Waals surface area contributed by atoms with Gasteiger partial charge in [0.05, 0.1) is 0 Å². The molecule has 4 heteroatoms. The van der Waals surface area contributed by atoms with Crippen LogP contribution in [0, 0.1) is 0 Å². The zero-order chi connectivity index (χ0) is 20.8. The van der Waals surface area contributed by atoms with Crippen LogP contribution < -0.4 is 20.9 Å². The third-order valence-corrected chi connectivity index (χ3v) is 4.67. The molecule has 0 aromatic heterocycles. The second-order valence-corrected chi connectivity index (χ2v) is 7.15. The van der Waals surface area contributed by atoms with Crippen LogP contribution in [-0.4, -0.2) is 0 Å². The maximum Gasteiger partial charge on any atom is 0.131 e. The van der Waals surface area contributed by atoms with Crippen LogP contribution in [0.5, 0.6) is 23.0 Å². The molecule has 4 rings (SSSR count). The summed E-state index contributed by atoms with van der Waals surface area (Å²) in [7, 11) is 0. The highest BCUT2D eigenvalue weighted by Gasteiger charge is 2.07. The summed E-state index contributed by atoms with van der Waals surface area (Å²) in [5, 5.41) is 0. The normalized spacial score (nSPS) is 10.5. The number of anilines is 2. The molecule has 0 heterocycles. The fourth-order valence-electron chi connectivity index (χ4n) is 3.25. The Labute approximate surface area is 176 Å². The van der Waals surface area contributed by atoms with E-state index in [4.69, 9.17) is 20.9 Å². The minimum Gasteiger partial charge on any atom is -0.457 e. The highest BCUT2D eigenvalue weighted by Crippen LogP contribution is 2.32. The summed E-state index contributed by atoms with van der Waals surface area (Å²) in [6.45, 7) is 0. The number of rotatable bonds is 7. The monoisotopic (exact) mass is 396 g/mol. The molecule has 0 bridgehead atoms. The molecule has 0 atom stereocenters. The number of nitrogens with two attached hydrogens (primary N) is 2. The Bertz CT molecular complexity index is 1060. The highest BCUT2D eigenvalue weighted by atomic mass is 16.5. The summed E-state index contributed by atoms with van der Waals surface area (Å²) in [4.78, 5) is 0. The minimum absolute atomic E-state index is 0.656. The molecular weight excluding hydrogens is 372 g/mol. The van der Waals surface area contributed by atoms with Gasteiger partial charge in [0, 0.05) is 29.6 Å². The first kappa shape index (κ1) is 19.4. The number of nitrogen functional groups attached to an aromatic ring is 2. The van der Waals surface area contributed by atoms with Crippen LogP contribution in [0.1, 0.15) is 11.1 Å². The number of aryl methyl sites for hydroxylation is 2. The van der Waals surface area contributed by atoms with Gasteiger partial charge in [0.15, 0.2) is 0 Å². The molecule has 0 amide bonds. The van der Waals surface area contributed by atoms with Crippen LogP contribution in [-0.2, 0) is 12.8 Å². The maximum atomic E-state index is 6.07. The van der Waals surface area contributed by atoms with E-state index in [-0.39, 0.29) is 0 Å². The zero-order valence-electron chi connectivity index (χ0n) is 16.6. The van der Waals surface area contributed by atoms with Gasteiger partial charge in [-0.25, -0.2) is 0 Å². The highest BCUT2D eigenvalue weighted by molar-refractivity contribution is 5.49. The molecule has 4 nitrogen and oxygen atoms in total. The summed E-state index contributed by atoms with van der Waals surface area (Å²) < 4.78 is 12.1. The van der Waals surface area contributed by atoms with E-state index in [9.17, 15) is 0 Å². The lowest BCUT2D eigenvalue weighted by atomic mass is 10.0. The van der Waals surface area contributed by atoms with Crippen LogP contribution >= 0.6 is 0 Å². The van der Waals surface area contributed by atoms with E-state index in [2.05, 4.69) is 24.3 Å². The predicted octanol–water partition coefficient (Wildman–Crippen LogP) is 6.22. The van der Waals surface area contributed by atoms with E-state index in [0.717, 1.165) is 18.4 Å². The Morgan fingerprint density at radius 3 is 1.53 bits per heavy atom. The molecule has 4 N–H and O–H groups in total. The molecule has 0 saturated heterocycles. The Hall–Kier alpha value is -3.92. The fraction of sp³-hybridized carbons (Fsp3) is 0.0769. The Morgan fingerprint density at radius 2 is 1.00 bits per heavy atom. The molecule has 0 aliphatic rings. The number of hydrogen-bond donors (Lipinski definition) is 2. The standard InChI is InChI=1S/C26H24N2O2/c27-21-8-4-10-23(16-21)29-25-14-20(13-12-19-6-2-1-3-7-19)15-26(18-25)30-24-11-5-9-22(28)17-24/h1-11,14-18H,12-13,27-28H2. The first-order valence-electron chi connectivity index (χ1n) is 9.89. The van der Waals surface area contributed by atoms with Crippen molar-refractivity contribution >= 4 is 11.4 Å². The van der Waals surface area contributed by atoms with Crippen LogP contribution in [0.3, 0.4) is 0 Å². The van der Waals surface area contributed by atoms with Crippen molar-refractivity contribution in [3.05, 3.63) is 108 Å². The van der Waals surface area contributed by atoms with Gasteiger partial charge in [-0.3, -0.25) is 0 Å². The lowest BCUT2D eigenvalue weighted by Crippen LogP contribution is -1.95. The third kappa shape index (κ3) is 5.32. The van der Waals surface area contributed by atoms with E-state index >= 15 is 0 Å². The van der Waals surface area contributed by atoms with Crippen LogP contribution in [0.2, 0.25) is 0 Å². The quantitative estimate of drug-likeness (QED) is 0.364. The Balaban J connectivity index is 1.60. The van der Waals surface area contributed by atoms with Crippen molar-refractivity contribution in [2.45, 2.75) is 12.8 Å². The van der Waals surface area contributed by atoms with Crippen LogP contribution in [0.15, 0.2) is 97.1 Å². The Morgan fingerprint density at radius 1 is 0.467 bits per heavy atom. The van der Waals surface area contributed by atoms with Crippen molar-refractivity contribution in [1.29, 1.82) is 0 Å². The molecule has 4 aromatic carbocycles. The van der Waals surface area contributed by atoms with Gasteiger partial charge >= 0.3 is 0 Å². The molecular formula is C26H24N2O2. The first-order valence-corrected chi connectivity index (χ1v) is 9.89.